The molecule has 1 aromatic heterocycles. The van der Waals surface area contributed by atoms with Crippen molar-refractivity contribution < 1.29 is 9.59 Å². The second-order valence-electron chi connectivity index (χ2n) is 4.67. The third kappa shape index (κ3) is 3.54. The predicted molar refractivity (Wildman–Crippen MR) is 69.2 cm³/mol. The summed E-state index contributed by atoms with van der Waals surface area (Å²) in [6, 6.07) is 1.94. The quantitative estimate of drug-likeness (QED) is 0.662. The lowest BCUT2D eigenvalue weighted by atomic mass is 9.95. The maximum absolute atomic E-state index is 12.0. The SMILES string of the molecule is NCC(=O)NCC(=O)N1CCCC(c2ccn[nH]2)C1. The smallest absolute Gasteiger partial charge is 0.241 e. The third-order valence-electron chi connectivity index (χ3n) is 3.36. The van der Waals surface area contributed by atoms with Gasteiger partial charge >= 0.3 is 0 Å². The molecule has 0 aliphatic carbocycles. The van der Waals surface area contributed by atoms with Crippen LogP contribution in [0.3, 0.4) is 0 Å². The van der Waals surface area contributed by atoms with Crippen LogP contribution in [0.15, 0.2) is 12.3 Å². The van der Waals surface area contributed by atoms with Crippen molar-refractivity contribution in [2.45, 2.75) is 18.8 Å². The van der Waals surface area contributed by atoms with Gasteiger partial charge < -0.3 is 16.0 Å². The Hall–Kier alpha value is -1.89. The van der Waals surface area contributed by atoms with Crippen LogP contribution in [0.1, 0.15) is 24.5 Å². The second-order valence-corrected chi connectivity index (χ2v) is 4.67. The van der Waals surface area contributed by atoms with E-state index in [1.54, 1.807) is 11.1 Å². The molecule has 0 spiro atoms. The number of rotatable bonds is 4. The highest BCUT2D eigenvalue weighted by molar-refractivity contribution is 5.85. The standard InChI is InChI=1S/C12H19N5O2/c13-6-11(18)14-7-12(19)17-5-1-2-9(8-17)10-3-4-15-16-10/h3-4,9H,1-2,5-8,13H2,(H,14,18)(H,15,16). The summed E-state index contributed by atoms with van der Waals surface area (Å²) >= 11 is 0. The van der Waals surface area contributed by atoms with Crippen molar-refractivity contribution in [2.75, 3.05) is 26.2 Å². The number of hydrogen-bond donors (Lipinski definition) is 3. The van der Waals surface area contributed by atoms with Crippen LogP contribution in [-0.4, -0.2) is 53.1 Å². The lowest BCUT2D eigenvalue weighted by Gasteiger charge is -2.32. The first-order valence-electron chi connectivity index (χ1n) is 6.44. The highest BCUT2D eigenvalue weighted by Gasteiger charge is 2.25. The van der Waals surface area contributed by atoms with E-state index in [1.165, 1.54) is 0 Å². The molecule has 1 unspecified atom stereocenters. The van der Waals surface area contributed by atoms with Gasteiger partial charge in [-0.2, -0.15) is 5.10 Å². The van der Waals surface area contributed by atoms with E-state index in [0.29, 0.717) is 12.5 Å². The van der Waals surface area contributed by atoms with Crippen molar-refractivity contribution in [2.24, 2.45) is 5.73 Å². The van der Waals surface area contributed by atoms with Gasteiger partial charge in [0.1, 0.15) is 0 Å². The van der Waals surface area contributed by atoms with Crippen LogP contribution in [0.4, 0.5) is 0 Å². The van der Waals surface area contributed by atoms with E-state index in [1.807, 2.05) is 6.07 Å². The Morgan fingerprint density at radius 3 is 3.11 bits per heavy atom. The Labute approximate surface area is 111 Å². The summed E-state index contributed by atoms with van der Waals surface area (Å²) in [5.74, 6) is -0.0769. The van der Waals surface area contributed by atoms with Crippen LogP contribution in [0.2, 0.25) is 0 Å². The van der Waals surface area contributed by atoms with Gasteiger partial charge in [-0.3, -0.25) is 14.7 Å². The Bertz CT molecular complexity index is 431. The monoisotopic (exact) mass is 265 g/mol. The Kier molecular flexibility index (Phi) is 4.51. The van der Waals surface area contributed by atoms with E-state index < -0.39 is 0 Å². The lowest BCUT2D eigenvalue weighted by Crippen LogP contribution is -2.45. The van der Waals surface area contributed by atoms with Gasteiger partial charge in [0.25, 0.3) is 0 Å². The third-order valence-corrected chi connectivity index (χ3v) is 3.36. The predicted octanol–water partition coefficient (Wildman–Crippen LogP) is -0.809. The molecule has 1 aliphatic heterocycles. The molecule has 1 aliphatic rings. The number of nitrogens with zero attached hydrogens (tertiary/aromatic N) is 2. The zero-order valence-electron chi connectivity index (χ0n) is 10.8. The molecule has 104 valence electrons. The largest absolute Gasteiger partial charge is 0.346 e. The van der Waals surface area contributed by atoms with Crippen molar-refractivity contribution in [1.29, 1.82) is 0 Å². The van der Waals surface area contributed by atoms with E-state index in [0.717, 1.165) is 25.1 Å². The van der Waals surface area contributed by atoms with Gasteiger partial charge in [0.2, 0.25) is 11.8 Å². The highest BCUT2D eigenvalue weighted by Crippen LogP contribution is 2.24. The van der Waals surface area contributed by atoms with E-state index in [-0.39, 0.29) is 24.9 Å². The Morgan fingerprint density at radius 1 is 1.58 bits per heavy atom. The van der Waals surface area contributed by atoms with Crippen LogP contribution in [0.25, 0.3) is 0 Å². The fourth-order valence-electron chi connectivity index (χ4n) is 2.31. The molecule has 2 heterocycles. The minimum atomic E-state index is -0.310. The van der Waals surface area contributed by atoms with E-state index in [9.17, 15) is 9.59 Å². The van der Waals surface area contributed by atoms with Gasteiger partial charge in [0, 0.05) is 30.9 Å². The molecule has 7 nitrogen and oxygen atoms in total. The van der Waals surface area contributed by atoms with Gasteiger partial charge in [-0.05, 0) is 18.9 Å². The van der Waals surface area contributed by atoms with Gasteiger partial charge in [0.15, 0.2) is 0 Å². The number of hydrogen-bond acceptors (Lipinski definition) is 4. The normalized spacial score (nSPS) is 19.2. The molecule has 2 amide bonds. The molecule has 19 heavy (non-hydrogen) atoms. The van der Waals surface area contributed by atoms with Gasteiger partial charge in [-0.25, -0.2) is 0 Å². The molecule has 0 radical (unpaired) electrons. The number of aromatic nitrogens is 2. The topological polar surface area (TPSA) is 104 Å². The first-order chi connectivity index (χ1) is 9.20. The maximum atomic E-state index is 12.0. The second kappa shape index (κ2) is 6.33. The molecule has 1 atom stereocenters. The van der Waals surface area contributed by atoms with Gasteiger partial charge in [-0.15, -0.1) is 0 Å². The average Bonchev–Trinajstić information content (AvgIpc) is 2.98. The van der Waals surface area contributed by atoms with Crippen molar-refractivity contribution in [1.82, 2.24) is 20.4 Å². The zero-order valence-corrected chi connectivity index (χ0v) is 10.8. The van der Waals surface area contributed by atoms with Crippen molar-refractivity contribution in [3.8, 4) is 0 Å². The van der Waals surface area contributed by atoms with Crippen LogP contribution in [0.5, 0.6) is 0 Å². The Balaban J connectivity index is 1.86. The van der Waals surface area contributed by atoms with Crippen LogP contribution in [0, 0.1) is 0 Å². The van der Waals surface area contributed by atoms with Crippen LogP contribution < -0.4 is 11.1 Å². The molecular formula is C12H19N5O2. The Morgan fingerprint density at radius 2 is 2.42 bits per heavy atom. The van der Waals surface area contributed by atoms with E-state index in [4.69, 9.17) is 5.73 Å². The summed E-state index contributed by atoms with van der Waals surface area (Å²) in [7, 11) is 0. The molecule has 0 aromatic carbocycles. The minimum Gasteiger partial charge on any atom is -0.346 e. The highest BCUT2D eigenvalue weighted by atomic mass is 16.2. The summed E-state index contributed by atoms with van der Waals surface area (Å²) in [4.78, 5) is 24.8. The molecule has 1 saturated heterocycles. The summed E-state index contributed by atoms with van der Waals surface area (Å²) in [6.07, 6.45) is 3.72. The number of carbonyl (C=O) groups excluding carboxylic acids is 2. The number of nitrogens with one attached hydrogen (secondary N) is 2. The summed E-state index contributed by atoms with van der Waals surface area (Å²) in [5, 5.41) is 9.39. The summed E-state index contributed by atoms with van der Waals surface area (Å²) < 4.78 is 0. The van der Waals surface area contributed by atoms with Crippen LogP contribution in [-0.2, 0) is 9.59 Å². The van der Waals surface area contributed by atoms with Crippen molar-refractivity contribution in [3.63, 3.8) is 0 Å². The fourth-order valence-corrected chi connectivity index (χ4v) is 2.31. The number of amides is 2. The molecule has 1 aromatic rings. The average molecular weight is 265 g/mol. The van der Waals surface area contributed by atoms with Crippen molar-refractivity contribution >= 4 is 11.8 Å². The number of H-pyrrole nitrogens is 1. The van der Waals surface area contributed by atoms with Gasteiger partial charge in [0.05, 0.1) is 13.1 Å². The van der Waals surface area contributed by atoms with E-state index in [2.05, 4.69) is 15.5 Å². The fraction of sp³-hybridized carbons (Fsp3) is 0.583. The first-order valence-corrected chi connectivity index (χ1v) is 6.44. The molecule has 2 rings (SSSR count). The van der Waals surface area contributed by atoms with E-state index >= 15 is 0 Å². The summed E-state index contributed by atoms with van der Waals surface area (Å²) in [6.45, 7) is 1.33. The zero-order chi connectivity index (χ0) is 13.7. The number of piperidine rings is 1. The van der Waals surface area contributed by atoms with Gasteiger partial charge in [-0.1, -0.05) is 0 Å². The van der Waals surface area contributed by atoms with Crippen LogP contribution >= 0.6 is 0 Å². The molecule has 7 heteroatoms. The number of carbonyl (C=O) groups is 2. The first kappa shape index (κ1) is 13.5. The lowest BCUT2D eigenvalue weighted by molar-refractivity contribution is -0.133. The number of nitrogens with two attached hydrogens (primary N) is 1. The molecule has 1 fully saturated rings. The number of likely N-dealkylation sites (tertiary alicyclic amines) is 1. The summed E-state index contributed by atoms with van der Waals surface area (Å²) in [5.41, 5.74) is 6.23. The maximum Gasteiger partial charge on any atom is 0.241 e. The molecule has 0 bridgehead atoms. The molecule has 0 saturated carbocycles. The molecular weight excluding hydrogens is 246 g/mol. The van der Waals surface area contributed by atoms with Crippen molar-refractivity contribution in [3.05, 3.63) is 18.0 Å². The minimum absolute atomic E-state index is 0.0196. The number of aromatic amines is 1. The molecule has 4 N–H and O–H groups in total.